The number of rotatable bonds is 4. The van der Waals surface area contributed by atoms with Gasteiger partial charge in [0.2, 0.25) is 0 Å². The summed E-state index contributed by atoms with van der Waals surface area (Å²) in [5, 5.41) is 13.3. The van der Waals surface area contributed by atoms with Crippen molar-refractivity contribution in [2.45, 2.75) is 26.6 Å². The first-order valence-electron chi connectivity index (χ1n) is 10.3. The summed E-state index contributed by atoms with van der Waals surface area (Å²) in [4.78, 5) is 16.5. The van der Waals surface area contributed by atoms with Crippen molar-refractivity contribution in [1.29, 1.82) is 0 Å². The third-order valence-electron chi connectivity index (χ3n) is 5.50. The standard InChI is InChI=1S/C23H16ClF3N6O2/c1-12-19(13(2)35-31-12)17-10-29-33-21(20(17)15-4-6-16(24)7-5-15)30-32(22(33)34)11-14-3-8-18(28-9-14)23(25,26)27/h3-10H,11H2,1-2H3. The smallest absolute Gasteiger partial charge is 0.361 e. The van der Waals surface area contributed by atoms with E-state index in [-0.39, 0.29) is 12.2 Å². The van der Waals surface area contributed by atoms with E-state index in [9.17, 15) is 18.0 Å². The van der Waals surface area contributed by atoms with Gasteiger partial charge in [0.25, 0.3) is 0 Å². The van der Waals surface area contributed by atoms with E-state index in [0.717, 1.165) is 32.6 Å². The van der Waals surface area contributed by atoms with Gasteiger partial charge in [-0.15, -0.1) is 5.10 Å². The van der Waals surface area contributed by atoms with Crippen molar-refractivity contribution in [1.82, 2.24) is 29.5 Å². The first kappa shape index (κ1) is 22.8. The number of aryl methyl sites for hydroxylation is 2. The highest BCUT2D eigenvalue weighted by molar-refractivity contribution is 6.30. The van der Waals surface area contributed by atoms with E-state index in [0.29, 0.717) is 33.2 Å². The molecule has 0 amide bonds. The number of pyridine rings is 1. The number of benzene rings is 1. The summed E-state index contributed by atoms with van der Waals surface area (Å²) in [6, 6.07) is 9.14. The van der Waals surface area contributed by atoms with E-state index in [1.807, 2.05) is 0 Å². The van der Waals surface area contributed by atoms with Gasteiger partial charge in [-0.25, -0.2) is 9.48 Å². The quantitative estimate of drug-likeness (QED) is 0.347. The summed E-state index contributed by atoms with van der Waals surface area (Å²) < 4.78 is 46.1. The second kappa shape index (κ2) is 8.35. The van der Waals surface area contributed by atoms with Crippen LogP contribution in [0.2, 0.25) is 5.02 Å². The molecule has 0 aliphatic rings. The van der Waals surface area contributed by atoms with E-state index >= 15 is 0 Å². The maximum absolute atomic E-state index is 13.1. The molecule has 1 aromatic carbocycles. The SMILES string of the molecule is Cc1noc(C)c1-c1cnn2c(=O)n(Cc3ccc(C(F)(F)F)nc3)nc2c1-c1ccc(Cl)cc1. The van der Waals surface area contributed by atoms with Crippen LogP contribution in [0.25, 0.3) is 27.9 Å². The summed E-state index contributed by atoms with van der Waals surface area (Å²) in [5.41, 5.74) is 2.42. The molecule has 178 valence electrons. The van der Waals surface area contributed by atoms with Crippen molar-refractivity contribution < 1.29 is 17.7 Å². The molecule has 0 saturated carbocycles. The number of alkyl halides is 3. The molecule has 5 aromatic rings. The third-order valence-corrected chi connectivity index (χ3v) is 5.75. The number of halogens is 4. The molecule has 0 spiro atoms. The monoisotopic (exact) mass is 500 g/mol. The Hall–Kier alpha value is -3.99. The molecule has 0 unspecified atom stereocenters. The number of aromatic nitrogens is 6. The molecule has 4 aromatic heterocycles. The molecule has 0 aliphatic carbocycles. The summed E-state index contributed by atoms with van der Waals surface area (Å²) in [7, 11) is 0. The number of nitrogens with zero attached hydrogens (tertiary/aromatic N) is 6. The molecule has 0 fully saturated rings. The van der Waals surface area contributed by atoms with Gasteiger partial charge in [-0.3, -0.25) is 4.98 Å². The second-order valence-corrected chi connectivity index (χ2v) is 8.30. The Balaban J connectivity index is 1.68. The molecule has 8 nitrogen and oxygen atoms in total. The van der Waals surface area contributed by atoms with E-state index in [1.165, 1.54) is 12.3 Å². The van der Waals surface area contributed by atoms with Crippen LogP contribution in [0, 0.1) is 13.8 Å². The lowest BCUT2D eigenvalue weighted by molar-refractivity contribution is -0.141. The maximum atomic E-state index is 13.1. The minimum Gasteiger partial charge on any atom is -0.361 e. The Morgan fingerprint density at radius 2 is 1.77 bits per heavy atom. The molecular formula is C23H16ClF3N6O2. The largest absolute Gasteiger partial charge is 0.433 e. The predicted molar refractivity (Wildman–Crippen MR) is 121 cm³/mol. The highest BCUT2D eigenvalue weighted by Crippen LogP contribution is 2.37. The molecule has 35 heavy (non-hydrogen) atoms. The third kappa shape index (κ3) is 4.08. The highest BCUT2D eigenvalue weighted by Gasteiger charge is 2.32. The van der Waals surface area contributed by atoms with Crippen molar-refractivity contribution in [3.8, 4) is 22.3 Å². The molecular weight excluding hydrogens is 485 g/mol. The van der Waals surface area contributed by atoms with E-state index in [4.69, 9.17) is 16.1 Å². The van der Waals surface area contributed by atoms with Gasteiger partial charge in [-0.2, -0.15) is 22.8 Å². The van der Waals surface area contributed by atoms with Crippen molar-refractivity contribution in [3.05, 3.63) is 87.0 Å². The average molecular weight is 501 g/mol. The summed E-state index contributed by atoms with van der Waals surface area (Å²) in [5.74, 6) is 0.571. The second-order valence-electron chi connectivity index (χ2n) is 7.86. The normalized spacial score (nSPS) is 11.9. The van der Waals surface area contributed by atoms with E-state index in [1.54, 1.807) is 38.1 Å². The molecule has 0 bridgehead atoms. The van der Waals surface area contributed by atoms with Gasteiger partial charge >= 0.3 is 11.9 Å². The zero-order chi connectivity index (χ0) is 24.9. The van der Waals surface area contributed by atoms with Crippen molar-refractivity contribution >= 4 is 17.2 Å². The van der Waals surface area contributed by atoms with Crippen LogP contribution >= 0.6 is 11.6 Å². The van der Waals surface area contributed by atoms with Gasteiger partial charge in [0.15, 0.2) is 5.65 Å². The Morgan fingerprint density at radius 3 is 2.37 bits per heavy atom. The molecule has 0 radical (unpaired) electrons. The van der Waals surface area contributed by atoms with Crippen molar-refractivity contribution in [3.63, 3.8) is 0 Å². The Kier molecular flexibility index (Phi) is 5.43. The van der Waals surface area contributed by atoms with Gasteiger partial charge in [-0.05, 0) is 43.2 Å². The predicted octanol–water partition coefficient (Wildman–Crippen LogP) is 4.95. The highest BCUT2D eigenvalue weighted by atomic mass is 35.5. The maximum Gasteiger partial charge on any atom is 0.433 e. The van der Waals surface area contributed by atoms with Gasteiger partial charge in [0.05, 0.1) is 18.4 Å². The van der Waals surface area contributed by atoms with Crippen molar-refractivity contribution in [2.24, 2.45) is 0 Å². The average Bonchev–Trinajstić information content (AvgIpc) is 3.32. The Labute approximate surface area is 200 Å². The van der Waals surface area contributed by atoms with Crippen LogP contribution in [-0.4, -0.2) is 29.5 Å². The number of hydrogen-bond donors (Lipinski definition) is 0. The van der Waals surface area contributed by atoms with Crippen LogP contribution in [0.4, 0.5) is 13.2 Å². The van der Waals surface area contributed by atoms with Gasteiger partial charge in [0.1, 0.15) is 11.5 Å². The molecule has 4 heterocycles. The van der Waals surface area contributed by atoms with Gasteiger partial charge in [0, 0.05) is 27.9 Å². The Bertz CT molecular complexity index is 1580. The molecule has 5 rings (SSSR count). The molecule has 0 atom stereocenters. The fraction of sp³-hybridized carbons (Fsp3) is 0.174. The summed E-state index contributed by atoms with van der Waals surface area (Å²) >= 11 is 6.08. The van der Waals surface area contributed by atoms with Crippen LogP contribution in [0.1, 0.15) is 22.7 Å². The first-order chi connectivity index (χ1) is 16.6. The van der Waals surface area contributed by atoms with E-state index < -0.39 is 17.6 Å². The van der Waals surface area contributed by atoms with Crippen LogP contribution < -0.4 is 5.69 Å². The Morgan fingerprint density at radius 1 is 1.03 bits per heavy atom. The molecule has 0 aliphatic heterocycles. The van der Waals surface area contributed by atoms with Crippen LogP contribution in [0.3, 0.4) is 0 Å². The summed E-state index contributed by atoms with van der Waals surface area (Å²) in [6.07, 6.45) is -1.94. The van der Waals surface area contributed by atoms with Gasteiger partial charge < -0.3 is 4.52 Å². The van der Waals surface area contributed by atoms with Crippen LogP contribution in [-0.2, 0) is 12.7 Å². The minimum absolute atomic E-state index is 0.0892. The number of fused-ring (bicyclic) bond motifs is 1. The van der Waals surface area contributed by atoms with Crippen LogP contribution in [0.5, 0.6) is 0 Å². The zero-order valence-corrected chi connectivity index (χ0v) is 19.1. The minimum atomic E-state index is -4.55. The van der Waals surface area contributed by atoms with E-state index in [2.05, 4.69) is 20.3 Å². The number of hydrogen-bond acceptors (Lipinski definition) is 6. The fourth-order valence-electron chi connectivity index (χ4n) is 3.88. The fourth-order valence-corrected chi connectivity index (χ4v) is 4.01. The lowest BCUT2D eigenvalue weighted by Crippen LogP contribution is -2.23. The van der Waals surface area contributed by atoms with Crippen molar-refractivity contribution in [2.75, 3.05) is 0 Å². The lowest BCUT2D eigenvalue weighted by Gasteiger charge is -2.10. The first-order valence-corrected chi connectivity index (χ1v) is 10.7. The zero-order valence-electron chi connectivity index (χ0n) is 18.3. The summed E-state index contributed by atoms with van der Waals surface area (Å²) in [6.45, 7) is 3.48. The topological polar surface area (TPSA) is 91.1 Å². The molecule has 12 heteroatoms. The lowest BCUT2D eigenvalue weighted by atomic mass is 9.96. The molecule has 0 N–H and O–H groups in total. The van der Waals surface area contributed by atoms with Gasteiger partial charge in [-0.1, -0.05) is 35.0 Å². The molecule has 0 saturated heterocycles. The van der Waals surface area contributed by atoms with Crippen LogP contribution in [0.15, 0.2) is 58.1 Å².